The van der Waals surface area contributed by atoms with Gasteiger partial charge in [0.05, 0.1) is 16.3 Å². The third-order valence-corrected chi connectivity index (χ3v) is 5.76. The van der Waals surface area contributed by atoms with Gasteiger partial charge in [-0.05, 0) is 50.4 Å². The molecule has 1 aliphatic heterocycles. The van der Waals surface area contributed by atoms with Gasteiger partial charge < -0.3 is 10.6 Å². The summed E-state index contributed by atoms with van der Waals surface area (Å²) in [5.74, 6) is 0.792. The Morgan fingerprint density at radius 1 is 1.33 bits per heavy atom. The molecule has 1 heterocycles. The van der Waals surface area contributed by atoms with E-state index in [0.29, 0.717) is 5.69 Å². The summed E-state index contributed by atoms with van der Waals surface area (Å²) in [5.41, 5.74) is 7.56. The zero-order valence-corrected chi connectivity index (χ0v) is 13.6. The van der Waals surface area contributed by atoms with E-state index < -0.39 is 10.0 Å². The standard InChI is InChI=1S/C15H25N3O2S/c1-3-12-5-4-9-18(10-8-12)15-7-6-13(11-14(15)16)21(19,20)17-2/h6-7,11-12,17H,3-5,8-10,16H2,1-2H3. The molecule has 0 aromatic heterocycles. The average Bonchev–Trinajstić information content (AvgIpc) is 2.72. The molecule has 2 rings (SSSR count). The fourth-order valence-electron chi connectivity index (χ4n) is 2.92. The lowest BCUT2D eigenvalue weighted by molar-refractivity contribution is 0.459. The number of anilines is 2. The predicted octanol–water partition coefficient (Wildman–Crippen LogP) is 2.19. The van der Waals surface area contributed by atoms with E-state index in [-0.39, 0.29) is 4.90 Å². The van der Waals surface area contributed by atoms with E-state index in [1.165, 1.54) is 26.3 Å². The van der Waals surface area contributed by atoms with Crippen molar-refractivity contribution < 1.29 is 8.42 Å². The van der Waals surface area contributed by atoms with Crippen LogP contribution in [0.4, 0.5) is 11.4 Å². The summed E-state index contributed by atoms with van der Waals surface area (Å²) in [4.78, 5) is 2.49. The van der Waals surface area contributed by atoms with Crippen molar-refractivity contribution in [3.63, 3.8) is 0 Å². The van der Waals surface area contributed by atoms with E-state index in [1.54, 1.807) is 12.1 Å². The van der Waals surface area contributed by atoms with Gasteiger partial charge in [-0.2, -0.15) is 0 Å². The lowest BCUT2D eigenvalue weighted by Gasteiger charge is -2.24. The largest absolute Gasteiger partial charge is 0.397 e. The Balaban J connectivity index is 2.21. The molecule has 6 heteroatoms. The first-order chi connectivity index (χ1) is 9.97. The fourth-order valence-corrected chi connectivity index (χ4v) is 3.69. The van der Waals surface area contributed by atoms with E-state index in [2.05, 4.69) is 16.5 Å². The molecular weight excluding hydrogens is 286 g/mol. The number of nitrogen functional groups attached to an aromatic ring is 1. The monoisotopic (exact) mass is 311 g/mol. The first-order valence-corrected chi connectivity index (χ1v) is 9.04. The summed E-state index contributed by atoms with van der Waals surface area (Å²) in [5, 5.41) is 0. The van der Waals surface area contributed by atoms with Gasteiger partial charge in [-0.25, -0.2) is 13.1 Å². The minimum atomic E-state index is -3.44. The van der Waals surface area contributed by atoms with Crippen LogP contribution in [-0.4, -0.2) is 28.6 Å². The molecule has 1 fully saturated rings. The number of benzene rings is 1. The minimum Gasteiger partial charge on any atom is -0.397 e. The maximum Gasteiger partial charge on any atom is 0.240 e. The van der Waals surface area contributed by atoms with Crippen LogP contribution >= 0.6 is 0 Å². The van der Waals surface area contributed by atoms with Crippen molar-refractivity contribution in [2.45, 2.75) is 37.5 Å². The third kappa shape index (κ3) is 3.68. The SMILES string of the molecule is CCC1CCCN(c2ccc(S(=O)(=O)NC)cc2N)CC1. The second kappa shape index (κ2) is 6.66. The van der Waals surface area contributed by atoms with Crippen LogP contribution < -0.4 is 15.4 Å². The highest BCUT2D eigenvalue weighted by molar-refractivity contribution is 7.89. The number of nitrogens with one attached hydrogen (secondary N) is 1. The van der Waals surface area contributed by atoms with Gasteiger partial charge >= 0.3 is 0 Å². The molecule has 1 aliphatic rings. The number of hydrogen-bond acceptors (Lipinski definition) is 4. The van der Waals surface area contributed by atoms with Gasteiger partial charge in [0.15, 0.2) is 0 Å². The van der Waals surface area contributed by atoms with Crippen molar-refractivity contribution in [1.29, 1.82) is 0 Å². The second-order valence-corrected chi connectivity index (χ2v) is 7.51. The molecule has 5 nitrogen and oxygen atoms in total. The molecule has 0 amide bonds. The molecular formula is C15H25N3O2S. The number of rotatable bonds is 4. The van der Waals surface area contributed by atoms with Gasteiger partial charge in [-0.1, -0.05) is 13.3 Å². The first kappa shape index (κ1) is 16.1. The van der Waals surface area contributed by atoms with Crippen LogP contribution in [-0.2, 0) is 10.0 Å². The summed E-state index contributed by atoms with van der Waals surface area (Å²) in [6.45, 7) is 4.21. The molecule has 1 saturated heterocycles. The fraction of sp³-hybridized carbons (Fsp3) is 0.600. The lowest BCUT2D eigenvalue weighted by Crippen LogP contribution is -2.25. The second-order valence-electron chi connectivity index (χ2n) is 5.62. The van der Waals surface area contributed by atoms with Gasteiger partial charge in [0.1, 0.15) is 0 Å². The lowest BCUT2D eigenvalue weighted by atomic mass is 9.98. The van der Waals surface area contributed by atoms with Crippen molar-refractivity contribution in [2.75, 3.05) is 30.8 Å². The molecule has 3 N–H and O–H groups in total. The van der Waals surface area contributed by atoms with Crippen LogP contribution in [0.1, 0.15) is 32.6 Å². The molecule has 0 spiro atoms. The number of sulfonamides is 1. The maximum absolute atomic E-state index is 11.8. The molecule has 118 valence electrons. The van der Waals surface area contributed by atoms with Crippen molar-refractivity contribution in [1.82, 2.24) is 4.72 Å². The molecule has 0 bridgehead atoms. The van der Waals surface area contributed by atoms with Gasteiger partial charge in [0, 0.05) is 13.1 Å². The summed E-state index contributed by atoms with van der Waals surface area (Å²) >= 11 is 0. The van der Waals surface area contributed by atoms with E-state index >= 15 is 0 Å². The van der Waals surface area contributed by atoms with Crippen LogP contribution in [0.2, 0.25) is 0 Å². The highest BCUT2D eigenvalue weighted by Crippen LogP contribution is 2.30. The van der Waals surface area contributed by atoms with Gasteiger partial charge in [0.25, 0.3) is 0 Å². The maximum atomic E-state index is 11.8. The van der Waals surface area contributed by atoms with Gasteiger partial charge in [-0.15, -0.1) is 0 Å². The quantitative estimate of drug-likeness (QED) is 0.836. The van der Waals surface area contributed by atoms with Crippen molar-refractivity contribution in [2.24, 2.45) is 5.92 Å². The average molecular weight is 311 g/mol. The summed E-state index contributed by atoms with van der Waals surface area (Å²) in [6.07, 6.45) is 4.82. The normalized spacial score (nSPS) is 20.3. The van der Waals surface area contributed by atoms with Crippen molar-refractivity contribution in [3.05, 3.63) is 18.2 Å². The topological polar surface area (TPSA) is 75.4 Å². The number of hydrogen-bond donors (Lipinski definition) is 2. The Kier molecular flexibility index (Phi) is 5.11. The Morgan fingerprint density at radius 2 is 2.10 bits per heavy atom. The molecule has 0 radical (unpaired) electrons. The Bertz CT molecular complexity index is 587. The van der Waals surface area contributed by atoms with Crippen LogP contribution in [0.25, 0.3) is 0 Å². The minimum absolute atomic E-state index is 0.215. The highest BCUT2D eigenvalue weighted by Gasteiger charge is 2.19. The highest BCUT2D eigenvalue weighted by atomic mass is 32.2. The molecule has 21 heavy (non-hydrogen) atoms. The molecule has 0 aliphatic carbocycles. The zero-order chi connectivity index (χ0) is 15.5. The van der Waals surface area contributed by atoms with E-state index in [1.807, 2.05) is 6.07 Å². The van der Waals surface area contributed by atoms with E-state index in [0.717, 1.165) is 31.1 Å². The molecule has 1 unspecified atom stereocenters. The van der Waals surface area contributed by atoms with Crippen LogP contribution in [0.15, 0.2) is 23.1 Å². The molecule has 0 saturated carbocycles. The Hall–Kier alpha value is -1.27. The van der Waals surface area contributed by atoms with E-state index in [4.69, 9.17) is 5.73 Å². The van der Waals surface area contributed by atoms with Crippen LogP contribution in [0.3, 0.4) is 0 Å². The summed E-state index contributed by atoms with van der Waals surface area (Å²) in [7, 11) is -2.03. The van der Waals surface area contributed by atoms with Crippen molar-refractivity contribution in [3.8, 4) is 0 Å². The van der Waals surface area contributed by atoms with Gasteiger partial charge in [-0.3, -0.25) is 0 Å². The summed E-state index contributed by atoms with van der Waals surface area (Å²) in [6, 6.07) is 4.99. The third-order valence-electron chi connectivity index (χ3n) is 4.34. The Labute approximate surface area is 127 Å². The smallest absolute Gasteiger partial charge is 0.240 e. The van der Waals surface area contributed by atoms with Crippen LogP contribution in [0.5, 0.6) is 0 Å². The van der Waals surface area contributed by atoms with Crippen molar-refractivity contribution >= 4 is 21.4 Å². The Morgan fingerprint density at radius 3 is 2.71 bits per heavy atom. The molecule has 1 aromatic carbocycles. The number of nitrogens with zero attached hydrogens (tertiary/aromatic N) is 1. The first-order valence-electron chi connectivity index (χ1n) is 7.56. The predicted molar refractivity (Wildman–Crippen MR) is 86.9 cm³/mol. The molecule has 1 aromatic rings. The van der Waals surface area contributed by atoms with E-state index in [9.17, 15) is 8.42 Å². The van der Waals surface area contributed by atoms with Gasteiger partial charge in [0.2, 0.25) is 10.0 Å². The number of nitrogens with two attached hydrogens (primary N) is 1. The molecule has 1 atom stereocenters. The summed E-state index contributed by atoms with van der Waals surface area (Å²) < 4.78 is 25.9. The van der Waals surface area contributed by atoms with Crippen LogP contribution in [0, 0.1) is 5.92 Å². The zero-order valence-electron chi connectivity index (χ0n) is 12.8.